The number of piperidine rings is 1. The largest absolute Gasteiger partial charge is 0.481 e. The molecule has 0 radical (unpaired) electrons. The van der Waals surface area contributed by atoms with Crippen LogP contribution in [0.4, 0.5) is 0 Å². The van der Waals surface area contributed by atoms with Crippen LogP contribution in [-0.4, -0.2) is 39.0 Å². The topological polar surface area (TPSA) is 66.3 Å². The predicted octanol–water partition coefficient (Wildman–Crippen LogP) is 1.72. The lowest BCUT2D eigenvalue weighted by atomic mass is 9.81. The summed E-state index contributed by atoms with van der Waals surface area (Å²) in [5, 5.41) is 9.31. The van der Waals surface area contributed by atoms with E-state index in [0.717, 1.165) is 25.1 Å². The lowest BCUT2D eigenvalue weighted by Gasteiger charge is -2.40. The van der Waals surface area contributed by atoms with Crippen LogP contribution in [0.15, 0.2) is 18.6 Å². The van der Waals surface area contributed by atoms with Gasteiger partial charge >= 0.3 is 5.97 Å². The maximum atomic E-state index is 11.3. The zero-order valence-electron chi connectivity index (χ0n) is 10.8. The van der Waals surface area contributed by atoms with Crippen molar-refractivity contribution >= 4 is 5.97 Å². The maximum absolute atomic E-state index is 11.3. The van der Waals surface area contributed by atoms with Gasteiger partial charge < -0.3 is 5.11 Å². The monoisotopic (exact) mass is 249 g/mol. The van der Waals surface area contributed by atoms with Crippen molar-refractivity contribution in [2.24, 2.45) is 5.41 Å². The molecule has 1 N–H and O–H groups in total. The molecule has 0 aliphatic carbocycles. The van der Waals surface area contributed by atoms with Crippen LogP contribution < -0.4 is 0 Å². The van der Waals surface area contributed by atoms with Crippen molar-refractivity contribution < 1.29 is 9.90 Å². The Morgan fingerprint density at radius 3 is 2.94 bits per heavy atom. The fourth-order valence-electron chi connectivity index (χ4n) is 2.50. The van der Waals surface area contributed by atoms with E-state index < -0.39 is 11.4 Å². The molecule has 2 unspecified atom stereocenters. The average Bonchev–Trinajstić information content (AvgIpc) is 2.39. The highest BCUT2D eigenvalue weighted by Crippen LogP contribution is 2.33. The number of carboxylic acids is 1. The van der Waals surface area contributed by atoms with Crippen molar-refractivity contribution in [1.29, 1.82) is 0 Å². The van der Waals surface area contributed by atoms with Gasteiger partial charge in [0.05, 0.1) is 17.2 Å². The Morgan fingerprint density at radius 1 is 1.56 bits per heavy atom. The molecule has 0 saturated carbocycles. The molecule has 1 fully saturated rings. The molecular formula is C13H19N3O2. The van der Waals surface area contributed by atoms with Gasteiger partial charge in [-0.25, -0.2) is 0 Å². The summed E-state index contributed by atoms with van der Waals surface area (Å²) in [5.41, 5.74) is 0.251. The van der Waals surface area contributed by atoms with E-state index in [-0.39, 0.29) is 6.04 Å². The molecule has 0 spiro atoms. The second-order valence-electron chi connectivity index (χ2n) is 5.25. The molecule has 1 aliphatic rings. The molecular weight excluding hydrogens is 230 g/mol. The van der Waals surface area contributed by atoms with Gasteiger partial charge in [0.1, 0.15) is 0 Å². The summed E-state index contributed by atoms with van der Waals surface area (Å²) in [6.07, 6.45) is 6.72. The second-order valence-corrected chi connectivity index (χ2v) is 5.25. The third kappa shape index (κ3) is 2.51. The number of rotatable bonds is 3. The molecule has 0 amide bonds. The van der Waals surface area contributed by atoms with E-state index in [1.807, 2.05) is 6.92 Å². The Morgan fingerprint density at radius 2 is 2.33 bits per heavy atom. The van der Waals surface area contributed by atoms with Crippen LogP contribution in [-0.2, 0) is 4.79 Å². The van der Waals surface area contributed by atoms with Gasteiger partial charge in [-0.3, -0.25) is 19.7 Å². The molecule has 5 nitrogen and oxygen atoms in total. The molecule has 2 heterocycles. The molecule has 1 aliphatic heterocycles. The molecule has 2 atom stereocenters. The minimum absolute atomic E-state index is 0.109. The standard InChI is InChI=1S/C13H19N3O2/c1-10(11-8-14-5-6-15-11)16-7-3-4-13(2,9-16)12(17)18/h5-6,8,10H,3-4,7,9H2,1-2H3,(H,17,18). The van der Waals surface area contributed by atoms with Crippen LogP contribution in [0, 0.1) is 5.41 Å². The van der Waals surface area contributed by atoms with Crippen molar-refractivity contribution in [3.63, 3.8) is 0 Å². The molecule has 1 aromatic heterocycles. The van der Waals surface area contributed by atoms with E-state index in [0.29, 0.717) is 6.54 Å². The van der Waals surface area contributed by atoms with Crippen LogP contribution in [0.1, 0.15) is 38.4 Å². The number of nitrogens with zero attached hydrogens (tertiary/aromatic N) is 3. The van der Waals surface area contributed by atoms with Crippen LogP contribution in [0.25, 0.3) is 0 Å². The summed E-state index contributed by atoms with van der Waals surface area (Å²) in [6, 6.07) is 0.109. The van der Waals surface area contributed by atoms with E-state index in [1.54, 1.807) is 18.6 Å². The van der Waals surface area contributed by atoms with Crippen LogP contribution in [0.3, 0.4) is 0 Å². The highest BCUT2D eigenvalue weighted by Gasteiger charge is 2.39. The SMILES string of the molecule is CC(c1cnccn1)N1CCCC(C)(C(=O)O)C1. The zero-order valence-corrected chi connectivity index (χ0v) is 10.8. The molecule has 1 saturated heterocycles. The summed E-state index contributed by atoms with van der Waals surface area (Å²) in [4.78, 5) is 21.9. The fourth-order valence-corrected chi connectivity index (χ4v) is 2.50. The normalized spacial score (nSPS) is 26.8. The summed E-state index contributed by atoms with van der Waals surface area (Å²) in [7, 11) is 0. The summed E-state index contributed by atoms with van der Waals surface area (Å²) < 4.78 is 0. The minimum atomic E-state index is -0.710. The lowest BCUT2D eigenvalue weighted by molar-refractivity contribution is -0.151. The average molecular weight is 249 g/mol. The molecule has 2 rings (SSSR count). The Labute approximate surface area is 107 Å². The predicted molar refractivity (Wildman–Crippen MR) is 67.0 cm³/mol. The summed E-state index contributed by atoms with van der Waals surface area (Å²) >= 11 is 0. The van der Waals surface area contributed by atoms with Gasteiger partial charge in [0.15, 0.2) is 0 Å². The second kappa shape index (κ2) is 5.02. The van der Waals surface area contributed by atoms with Gasteiger partial charge in [-0.1, -0.05) is 0 Å². The third-order valence-electron chi connectivity index (χ3n) is 3.80. The first-order valence-corrected chi connectivity index (χ1v) is 6.26. The number of carboxylic acid groups (broad SMARTS) is 1. The Kier molecular flexibility index (Phi) is 3.61. The van der Waals surface area contributed by atoms with Gasteiger partial charge in [0, 0.05) is 25.1 Å². The first-order chi connectivity index (χ1) is 8.53. The molecule has 0 bridgehead atoms. The first kappa shape index (κ1) is 13.0. The number of likely N-dealkylation sites (tertiary alicyclic amines) is 1. The Bertz CT molecular complexity index is 424. The highest BCUT2D eigenvalue weighted by atomic mass is 16.4. The minimum Gasteiger partial charge on any atom is -0.481 e. The van der Waals surface area contributed by atoms with Crippen LogP contribution in [0.2, 0.25) is 0 Å². The highest BCUT2D eigenvalue weighted by molar-refractivity contribution is 5.74. The smallest absolute Gasteiger partial charge is 0.310 e. The zero-order chi connectivity index (χ0) is 13.2. The number of hydrogen-bond donors (Lipinski definition) is 1. The van der Waals surface area contributed by atoms with Crippen molar-refractivity contribution in [1.82, 2.24) is 14.9 Å². The first-order valence-electron chi connectivity index (χ1n) is 6.26. The van der Waals surface area contributed by atoms with E-state index in [1.165, 1.54) is 0 Å². The van der Waals surface area contributed by atoms with Crippen molar-refractivity contribution in [3.8, 4) is 0 Å². The molecule has 5 heteroatoms. The number of carbonyl (C=O) groups is 1. The van der Waals surface area contributed by atoms with Gasteiger partial charge in [-0.05, 0) is 33.2 Å². The van der Waals surface area contributed by atoms with E-state index >= 15 is 0 Å². The Hall–Kier alpha value is -1.49. The summed E-state index contributed by atoms with van der Waals surface area (Å²) in [6.45, 7) is 5.36. The van der Waals surface area contributed by atoms with Crippen LogP contribution >= 0.6 is 0 Å². The third-order valence-corrected chi connectivity index (χ3v) is 3.80. The molecule has 1 aromatic rings. The quantitative estimate of drug-likeness (QED) is 0.883. The van der Waals surface area contributed by atoms with Crippen molar-refractivity contribution in [2.45, 2.75) is 32.7 Å². The van der Waals surface area contributed by atoms with Crippen molar-refractivity contribution in [2.75, 3.05) is 13.1 Å². The van der Waals surface area contributed by atoms with Gasteiger partial charge in [-0.2, -0.15) is 0 Å². The van der Waals surface area contributed by atoms with Crippen LogP contribution in [0.5, 0.6) is 0 Å². The molecule has 0 aromatic carbocycles. The number of aromatic nitrogens is 2. The lowest BCUT2D eigenvalue weighted by Crippen LogP contribution is -2.46. The fraction of sp³-hybridized carbons (Fsp3) is 0.615. The number of aliphatic carboxylic acids is 1. The van der Waals surface area contributed by atoms with Gasteiger partial charge in [0.25, 0.3) is 0 Å². The van der Waals surface area contributed by atoms with Gasteiger partial charge in [0.2, 0.25) is 0 Å². The maximum Gasteiger partial charge on any atom is 0.310 e. The van der Waals surface area contributed by atoms with Crippen molar-refractivity contribution in [3.05, 3.63) is 24.3 Å². The van der Waals surface area contributed by atoms with E-state index in [9.17, 15) is 9.90 Å². The van der Waals surface area contributed by atoms with E-state index in [4.69, 9.17) is 0 Å². The molecule has 18 heavy (non-hydrogen) atoms. The molecule has 98 valence electrons. The van der Waals surface area contributed by atoms with E-state index in [2.05, 4.69) is 21.8 Å². The number of hydrogen-bond acceptors (Lipinski definition) is 4. The Balaban J connectivity index is 2.12. The van der Waals surface area contributed by atoms with Gasteiger partial charge in [-0.15, -0.1) is 0 Å². The summed E-state index contributed by atoms with van der Waals surface area (Å²) in [5.74, 6) is -0.710.